The molecule has 1 heterocycles. The van der Waals surface area contributed by atoms with Crippen LogP contribution in [0.3, 0.4) is 0 Å². The zero-order chi connectivity index (χ0) is 13.0. The second-order valence-corrected chi connectivity index (χ2v) is 5.76. The van der Waals surface area contributed by atoms with Crippen molar-refractivity contribution in [3.8, 4) is 0 Å². The van der Waals surface area contributed by atoms with Gasteiger partial charge in [-0.1, -0.05) is 6.42 Å². The Kier molecular flexibility index (Phi) is 4.08. The normalized spacial score (nSPS) is 16.8. The summed E-state index contributed by atoms with van der Waals surface area (Å²) in [6.07, 6.45) is 8.81. The number of anilines is 1. The first-order chi connectivity index (χ1) is 8.71. The van der Waals surface area contributed by atoms with Crippen molar-refractivity contribution in [2.75, 3.05) is 18.2 Å². The summed E-state index contributed by atoms with van der Waals surface area (Å²) in [4.78, 5) is 16.0. The number of nitrogens with zero attached hydrogens (tertiary/aromatic N) is 1. The lowest BCUT2D eigenvalue weighted by atomic mass is 9.84. The molecule has 1 saturated carbocycles. The number of pyridine rings is 1. The van der Waals surface area contributed by atoms with Gasteiger partial charge in [0.15, 0.2) is 0 Å². The second kappa shape index (κ2) is 5.58. The maximum atomic E-state index is 12.1. The zero-order valence-electron chi connectivity index (χ0n) is 10.4. The van der Waals surface area contributed by atoms with Crippen molar-refractivity contribution in [2.24, 2.45) is 5.84 Å². The number of nitrogens with two attached hydrogens (primary N) is 1. The Balaban J connectivity index is 1.99. The van der Waals surface area contributed by atoms with E-state index in [0.29, 0.717) is 17.8 Å². The van der Waals surface area contributed by atoms with E-state index in [9.17, 15) is 4.79 Å². The van der Waals surface area contributed by atoms with Gasteiger partial charge in [0, 0.05) is 23.7 Å². The molecule has 0 radical (unpaired) electrons. The van der Waals surface area contributed by atoms with Gasteiger partial charge in [-0.15, -0.1) is 0 Å². The Morgan fingerprint density at radius 1 is 1.61 bits per heavy atom. The molecule has 1 aromatic rings. The van der Waals surface area contributed by atoms with Crippen molar-refractivity contribution in [2.45, 2.75) is 24.0 Å². The zero-order valence-corrected chi connectivity index (χ0v) is 11.2. The number of thioether (sulfide) groups is 1. The number of rotatable bonds is 5. The third-order valence-corrected chi connectivity index (χ3v) is 4.91. The van der Waals surface area contributed by atoms with E-state index in [2.05, 4.69) is 22.0 Å². The van der Waals surface area contributed by atoms with Crippen LogP contribution in [-0.2, 0) is 0 Å². The fourth-order valence-corrected chi connectivity index (χ4v) is 2.98. The van der Waals surface area contributed by atoms with Crippen LogP contribution in [0, 0.1) is 0 Å². The highest BCUT2D eigenvalue weighted by molar-refractivity contribution is 8.00. The van der Waals surface area contributed by atoms with Gasteiger partial charge in [0.2, 0.25) is 0 Å². The van der Waals surface area contributed by atoms with Crippen LogP contribution >= 0.6 is 11.8 Å². The van der Waals surface area contributed by atoms with Crippen LogP contribution in [0.25, 0.3) is 0 Å². The minimum atomic E-state index is -0.128. The monoisotopic (exact) mass is 266 g/mol. The number of amides is 1. The number of hydrogen-bond acceptors (Lipinski definition) is 5. The van der Waals surface area contributed by atoms with Crippen LogP contribution in [0.2, 0.25) is 0 Å². The summed E-state index contributed by atoms with van der Waals surface area (Å²) in [7, 11) is 0. The van der Waals surface area contributed by atoms with Gasteiger partial charge in [-0.3, -0.25) is 15.6 Å². The highest BCUT2D eigenvalue weighted by Gasteiger charge is 2.36. The van der Waals surface area contributed by atoms with Crippen LogP contribution in [-0.4, -0.2) is 28.4 Å². The Labute approximate surface area is 111 Å². The molecule has 5 nitrogen and oxygen atoms in total. The van der Waals surface area contributed by atoms with Crippen molar-refractivity contribution in [1.82, 2.24) is 10.3 Å². The molecule has 1 aromatic heterocycles. The lowest BCUT2D eigenvalue weighted by Gasteiger charge is -2.40. The molecule has 1 aliphatic carbocycles. The molecule has 4 N–H and O–H groups in total. The first kappa shape index (κ1) is 13.2. The van der Waals surface area contributed by atoms with E-state index in [4.69, 9.17) is 5.84 Å². The number of carbonyl (C=O) groups is 1. The second-order valence-electron chi connectivity index (χ2n) is 4.49. The molecule has 6 heteroatoms. The maximum absolute atomic E-state index is 12.1. The summed E-state index contributed by atoms with van der Waals surface area (Å²) in [6.45, 7) is 0.700. The maximum Gasteiger partial charge on any atom is 0.255 e. The summed E-state index contributed by atoms with van der Waals surface area (Å²) >= 11 is 1.84. The molecule has 0 spiro atoms. The molecule has 0 aliphatic heterocycles. The Hall–Kier alpha value is -1.27. The molecule has 1 fully saturated rings. The molecule has 0 bridgehead atoms. The lowest BCUT2D eigenvalue weighted by Crippen LogP contribution is -2.45. The molecule has 0 atom stereocenters. The van der Waals surface area contributed by atoms with Gasteiger partial charge in [0.25, 0.3) is 5.91 Å². The third-order valence-electron chi connectivity index (χ3n) is 3.49. The predicted molar refractivity (Wildman–Crippen MR) is 74.5 cm³/mol. The van der Waals surface area contributed by atoms with Gasteiger partial charge in [-0.2, -0.15) is 11.8 Å². The topological polar surface area (TPSA) is 80.0 Å². The fraction of sp³-hybridized carbons (Fsp3) is 0.500. The third kappa shape index (κ3) is 2.59. The number of nitrogen functional groups attached to an aromatic ring is 1. The van der Waals surface area contributed by atoms with Crippen LogP contribution in [0.15, 0.2) is 18.5 Å². The number of carbonyl (C=O) groups excluding carboxylic acids is 1. The van der Waals surface area contributed by atoms with Crippen molar-refractivity contribution < 1.29 is 4.79 Å². The first-order valence-electron chi connectivity index (χ1n) is 5.95. The van der Waals surface area contributed by atoms with Crippen LogP contribution < -0.4 is 16.6 Å². The minimum absolute atomic E-state index is 0.128. The molecule has 98 valence electrons. The molecular weight excluding hydrogens is 248 g/mol. The standard InChI is InChI=1S/C12H18N4OS/c1-18-12(4-2-5-12)8-15-11(17)9-7-14-6-3-10(9)16-13/h3,6-7H,2,4-5,8,13H2,1H3,(H,14,16)(H,15,17). The molecule has 0 aromatic carbocycles. The number of hydrazine groups is 1. The van der Waals surface area contributed by atoms with E-state index in [0.717, 1.165) is 0 Å². The summed E-state index contributed by atoms with van der Waals surface area (Å²) in [5.41, 5.74) is 3.58. The largest absolute Gasteiger partial charge is 0.351 e. The average Bonchev–Trinajstić information content (AvgIpc) is 2.37. The van der Waals surface area contributed by atoms with Crippen LogP contribution in [0.1, 0.15) is 29.6 Å². The smallest absolute Gasteiger partial charge is 0.255 e. The first-order valence-corrected chi connectivity index (χ1v) is 7.17. The van der Waals surface area contributed by atoms with E-state index in [1.165, 1.54) is 25.5 Å². The Bertz CT molecular complexity index is 428. The SMILES string of the molecule is CSC1(CNC(=O)c2cnccc2NN)CCC1. The molecule has 0 saturated heterocycles. The molecule has 2 rings (SSSR count). The van der Waals surface area contributed by atoms with E-state index in [1.54, 1.807) is 12.3 Å². The molecule has 1 aliphatic rings. The fourth-order valence-electron chi connectivity index (χ4n) is 2.06. The van der Waals surface area contributed by atoms with Gasteiger partial charge in [0.05, 0.1) is 11.3 Å². The highest BCUT2D eigenvalue weighted by Crippen LogP contribution is 2.42. The summed E-state index contributed by atoms with van der Waals surface area (Å²) in [5, 5.41) is 2.97. The number of aromatic nitrogens is 1. The van der Waals surface area contributed by atoms with E-state index >= 15 is 0 Å². The van der Waals surface area contributed by atoms with Crippen molar-refractivity contribution in [1.29, 1.82) is 0 Å². The lowest BCUT2D eigenvalue weighted by molar-refractivity contribution is 0.0944. The molecular formula is C12H18N4OS. The van der Waals surface area contributed by atoms with Gasteiger partial charge < -0.3 is 10.7 Å². The van der Waals surface area contributed by atoms with Crippen molar-refractivity contribution >= 4 is 23.4 Å². The Morgan fingerprint density at radius 3 is 2.94 bits per heavy atom. The Morgan fingerprint density at radius 2 is 2.39 bits per heavy atom. The summed E-state index contributed by atoms with van der Waals surface area (Å²) in [6, 6.07) is 1.68. The minimum Gasteiger partial charge on any atom is -0.351 e. The van der Waals surface area contributed by atoms with E-state index in [1.807, 2.05) is 11.8 Å². The molecule has 0 unspecified atom stereocenters. The van der Waals surface area contributed by atoms with Gasteiger partial charge in [0.1, 0.15) is 0 Å². The van der Waals surface area contributed by atoms with Gasteiger partial charge in [-0.25, -0.2) is 0 Å². The van der Waals surface area contributed by atoms with Gasteiger partial charge >= 0.3 is 0 Å². The van der Waals surface area contributed by atoms with E-state index in [-0.39, 0.29) is 10.7 Å². The quantitative estimate of drug-likeness (QED) is 0.554. The predicted octanol–water partition coefficient (Wildman–Crippen LogP) is 1.38. The summed E-state index contributed by atoms with van der Waals surface area (Å²) in [5.74, 6) is 5.24. The van der Waals surface area contributed by atoms with Crippen LogP contribution in [0.5, 0.6) is 0 Å². The number of hydrogen-bond donors (Lipinski definition) is 3. The van der Waals surface area contributed by atoms with Crippen molar-refractivity contribution in [3.63, 3.8) is 0 Å². The van der Waals surface area contributed by atoms with Gasteiger partial charge in [-0.05, 0) is 25.2 Å². The summed E-state index contributed by atoms with van der Waals surface area (Å²) < 4.78 is 0.230. The molecule has 18 heavy (non-hydrogen) atoms. The molecule has 1 amide bonds. The van der Waals surface area contributed by atoms with Crippen LogP contribution in [0.4, 0.5) is 5.69 Å². The average molecular weight is 266 g/mol. The number of nitrogens with one attached hydrogen (secondary N) is 2. The van der Waals surface area contributed by atoms with E-state index < -0.39 is 0 Å². The van der Waals surface area contributed by atoms with Crippen molar-refractivity contribution in [3.05, 3.63) is 24.0 Å². The highest BCUT2D eigenvalue weighted by atomic mass is 32.2.